The smallest absolute Gasteiger partial charge is 0.310 e. The Balaban J connectivity index is 1.88. The SMILES string of the molecule is C[C@]1(C(=O)O)CC[C@]2(C(=O)O)CC[C@]3(C)C(=CC(=O)C4[C@@](C)(CCC(=O)O)C(=O)CC[C@]43C)C2C1. The van der Waals surface area contributed by atoms with E-state index >= 15 is 0 Å². The fourth-order valence-corrected chi connectivity index (χ4v) is 8.34. The zero-order chi connectivity index (χ0) is 26.2. The molecule has 7 atom stereocenters. The molecule has 3 N–H and O–H groups in total. The number of hydrogen-bond donors (Lipinski definition) is 3. The lowest BCUT2D eigenvalue weighted by Gasteiger charge is -2.66. The Labute approximate surface area is 205 Å². The maximum atomic E-state index is 13.8. The van der Waals surface area contributed by atoms with Crippen LogP contribution in [0.15, 0.2) is 11.6 Å². The van der Waals surface area contributed by atoms with E-state index in [1.807, 2.05) is 13.8 Å². The molecule has 0 aromatic rings. The molecule has 0 spiro atoms. The van der Waals surface area contributed by atoms with Crippen molar-refractivity contribution >= 4 is 29.5 Å². The van der Waals surface area contributed by atoms with E-state index in [2.05, 4.69) is 0 Å². The fraction of sp³-hybridized carbons (Fsp3) is 0.741. The normalized spacial score (nSPS) is 45.0. The third-order valence-corrected chi connectivity index (χ3v) is 11.0. The van der Waals surface area contributed by atoms with Gasteiger partial charge in [-0.2, -0.15) is 0 Å². The summed E-state index contributed by atoms with van der Waals surface area (Å²) in [6.45, 7) is 7.42. The minimum absolute atomic E-state index is 0.0754. The Morgan fingerprint density at radius 3 is 2.11 bits per heavy atom. The molecule has 8 nitrogen and oxygen atoms in total. The van der Waals surface area contributed by atoms with Crippen LogP contribution in [0.3, 0.4) is 0 Å². The second kappa shape index (κ2) is 7.74. The van der Waals surface area contributed by atoms with Crippen molar-refractivity contribution in [3.05, 3.63) is 11.6 Å². The van der Waals surface area contributed by atoms with Gasteiger partial charge in [-0.05, 0) is 74.7 Å². The monoisotopic (exact) mass is 488 g/mol. The molecule has 0 aliphatic heterocycles. The number of carbonyl (C=O) groups excluding carboxylic acids is 2. The number of Topliss-reactive ketones (excluding diaryl/α,β-unsaturated/α-hetero) is 1. The quantitative estimate of drug-likeness (QED) is 0.524. The first-order valence-electron chi connectivity index (χ1n) is 12.6. The van der Waals surface area contributed by atoms with E-state index < -0.39 is 56.8 Å². The fourth-order valence-electron chi connectivity index (χ4n) is 8.34. The van der Waals surface area contributed by atoms with Gasteiger partial charge in [0.2, 0.25) is 0 Å². The van der Waals surface area contributed by atoms with E-state index in [1.54, 1.807) is 13.8 Å². The number of fused-ring (bicyclic) bond motifs is 5. The average molecular weight is 489 g/mol. The molecule has 2 unspecified atom stereocenters. The highest BCUT2D eigenvalue weighted by molar-refractivity contribution is 6.01. The molecule has 4 rings (SSSR count). The van der Waals surface area contributed by atoms with Crippen LogP contribution in [0.5, 0.6) is 0 Å². The van der Waals surface area contributed by atoms with Crippen molar-refractivity contribution in [3.8, 4) is 0 Å². The first-order chi connectivity index (χ1) is 16.1. The van der Waals surface area contributed by atoms with Gasteiger partial charge in [-0.25, -0.2) is 0 Å². The number of rotatable bonds is 5. The lowest BCUT2D eigenvalue weighted by Crippen LogP contribution is -2.64. The molecule has 0 amide bonds. The van der Waals surface area contributed by atoms with Gasteiger partial charge in [0.05, 0.1) is 10.8 Å². The Bertz CT molecular complexity index is 1060. The van der Waals surface area contributed by atoms with E-state index in [4.69, 9.17) is 0 Å². The molecule has 4 aliphatic rings. The summed E-state index contributed by atoms with van der Waals surface area (Å²) in [5.41, 5.74) is -3.86. The van der Waals surface area contributed by atoms with Gasteiger partial charge >= 0.3 is 17.9 Å². The van der Waals surface area contributed by atoms with E-state index in [9.17, 15) is 39.3 Å². The predicted octanol–water partition coefficient (Wildman–Crippen LogP) is 4.11. The van der Waals surface area contributed by atoms with Crippen molar-refractivity contribution in [2.75, 3.05) is 0 Å². The molecule has 3 saturated carbocycles. The van der Waals surface area contributed by atoms with Crippen LogP contribution in [0.4, 0.5) is 0 Å². The number of carboxylic acid groups (broad SMARTS) is 3. The first-order valence-corrected chi connectivity index (χ1v) is 12.6. The lowest BCUT2D eigenvalue weighted by atomic mass is 9.36. The highest BCUT2D eigenvalue weighted by Crippen LogP contribution is 2.72. The maximum absolute atomic E-state index is 13.8. The minimum atomic E-state index is -1.11. The maximum Gasteiger partial charge on any atom is 0.310 e. The summed E-state index contributed by atoms with van der Waals surface area (Å²) >= 11 is 0. The molecule has 0 heterocycles. The summed E-state index contributed by atoms with van der Waals surface area (Å²) in [4.78, 5) is 63.2. The molecule has 0 saturated heterocycles. The first kappa shape index (κ1) is 25.6. The second-order valence-electron chi connectivity index (χ2n) is 12.5. The van der Waals surface area contributed by atoms with Gasteiger partial charge in [-0.1, -0.05) is 26.3 Å². The number of ketones is 2. The Morgan fingerprint density at radius 2 is 1.54 bits per heavy atom. The van der Waals surface area contributed by atoms with Crippen LogP contribution in [0, 0.1) is 38.9 Å². The van der Waals surface area contributed by atoms with Crippen LogP contribution in [-0.4, -0.2) is 44.8 Å². The second-order valence-corrected chi connectivity index (χ2v) is 12.5. The van der Waals surface area contributed by atoms with Crippen molar-refractivity contribution in [2.24, 2.45) is 38.9 Å². The van der Waals surface area contributed by atoms with Crippen LogP contribution in [-0.2, 0) is 24.0 Å². The molecule has 192 valence electrons. The lowest BCUT2D eigenvalue weighted by molar-refractivity contribution is -0.179. The Morgan fingerprint density at radius 1 is 0.914 bits per heavy atom. The van der Waals surface area contributed by atoms with Gasteiger partial charge in [-0.3, -0.25) is 24.0 Å². The molecule has 3 fully saturated rings. The molecule has 0 bridgehead atoms. The Hall–Kier alpha value is -2.51. The number of aliphatic carboxylic acids is 3. The number of carboxylic acids is 3. The molecule has 0 aromatic heterocycles. The number of carbonyl (C=O) groups is 5. The van der Waals surface area contributed by atoms with Gasteiger partial charge < -0.3 is 15.3 Å². The zero-order valence-electron chi connectivity index (χ0n) is 21.0. The predicted molar refractivity (Wildman–Crippen MR) is 124 cm³/mol. The number of hydrogen-bond acceptors (Lipinski definition) is 5. The summed E-state index contributed by atoms with van der Waals surface area (Å²) in [7, 11) is 0. The van der Waals surface area contributed by atoms with E-state index in [-0.39, 0.29) is 50.1 Å². The molecule has 35 heavy (non-hydrogen) atoms. The molecule has 4 aliphatic carbocycles. The average Bonchev–Trinajstić information content (AvgIpc) is 2.76. The van der Waals surface area contributed by atoms with Crippen molar-refractivity contribution in [3.63, 3.8) is 0 Å². The van der Waals surface area contributed by atoms with Crippen LogP contribution in [0.25, 0.3) is 0 Å². The van der Waals surface area contributed by atoms with E-state index in [1.165, 1.54) is 6.08 Å². The summed E-state index contributed by atoms with van der Waals surface area (Å²) in [5, 5.41) is 29.6. The summed E-state index contributed by atoms with van der Waals surface area (Å²) in [6, 6.07) is 0. The van der Waals surface area contributed by atoms with Crippen molar-refractivity contribution in [1.82, 2.24) is 0 Å². The molecule has 0 radical (unpaired) electrons. The Kier molecular flexibility index (Phi) is 5.66. The van der Waals surface area contributed by atoms with Gasteiger partial charge in [-0.15, -0.1) is 0 Å². The third-order valence-electron chi connectivity index (χ3n) is 11.0. The largest absolute Gasteiger partial charge is 0.481 e. The van der Waals surface area contributed by atoms with E-state index in [0.29, 0.717) is 19.3 Å². The summed E-state index contributed by atoms with van der Waals surface area (Å²) in [6.07, 6.45) is 3.66. The van der Waals surface area contributed by atoms with E-state index in [0.717, 1.165) is 5.57 Å². The van der Waals surface area contributed by atoms with Crippen molar-refractivity contribution in [2.45, 2.75) is 85.5 Å². The van der Waals surface area contributed by atoms with Crippen LogP contribution >= 0.6 is 0 Å². The number of allylic oxidation sites excluding steroid dienone is 2. The third kappa shape index (κ3) is 3.27. The standard InChI is InChI=1S/C27H36O8/c1-23(21(32)33)9-11-27(22(34)35)12-10-25(3)15(16(27)14-23)13-17(28)20-24(2,7-6-19(30)31)18(29)5-8-26(20,25)4/h13,16,20H,5-12,14H2,1-4H3,(H,30,31)(H,32,33)(H,34,35)/t16?,20?,23-,24-,25+,26+,27-/m0/s1. The van der Waals surface area contributed by atoms with Gasteiger partial charge in [0, 0.05) is 24.2 Å². The summed E-state index contributed by atoms with van der Waals surface area (Å²) < 4.78 is 0. The molecule has 8 heteroatoms. The van der Waals surface area contributed by atoms with Crippen LogP contribution in [0.1, 0.15) is 85.5 Å². The highest BCUT2D eigenvalue weighted by atomic mass is 16.4. The minimum Gasteiger partial charge on any atom is -0.481 e. The van der Waals surface area contributed by atoms with Crippen molar-refractivity contribution < 1.29 is 39.3 Å². The summed E-state index contributed by atoms with van der Waals surface area (Å²) in [5.74, 6) is -4.56. The zero-order valence-corrected chi connectivity index (χ0v) is 21.0. The molecule has 0 aromatic carbocycles. The van der Waals surface area contributed by atoms with Crippen LogP contribution in [0.2, 0.25) is 0 Å². The highest BCUT2D eigenvalue weighted by Gasteiger charge is 2.70. The van der Waals surface area contributed by atoms with Gasteiger partial charge in [0.15, 0.2) is 5.78 Å². The van der Waals surface area contributed by atoms with Gasteiger partial charge in [0.1, 0.15) is 5.78 Å². The molecular formula is C27H36O8. The van der Waals surface area contributed by atoms with Crippen LogP contribution < -0.4 is 0 Å². The van der Waals surface area contributed by atoms with Gasteiger partial charge in [0.25, 0.3) is 0 Å². The van der Waals surface area contributed by atoms with Crippen molar-refractivity contribution in [1.29, 1.82) is 0 Å². The topological polar surface area (TPSA) is 146 Å². The molecular weight excluding hydrogens is 452 g/mol.